The topological polar surface area (TPSA) is 93.5 Å². The molecule has 0 saturated carbocycles. The molecule has 2 aromatic rings. The number of aromatic nitrogens is 2. The summed E-state index contributed by atoms with van der Waals surface area (Å²) in [4.78, 5) is 24.2. The summed E-state index contributed by atoms with van der Waals surface area (Å²) in [6.45, 7) is 5.29. The van der Waals surface area contributed by atoms with E-state index in [1.54, 1.807) is 16.9 Å². The Hall–Kier alpha value is -2.54. The first-order chi connectivity index (χ1) is 11.3. The number of esters is 1. The van der Waals surface area contributed by atoms with E-state index in [1.165, 1.54) is 25.1 Å². The summed E-state index contributed by atoms with van der Waals surface area (Å²) >= 11 is 5.71. The number of carbonyl (C=O) groups is 2. The van der Waals surface area contributed by atoms with Gasteiger partial charge in [0.1, 0.15) is 17.1 Å². The standard InChI is InChI=1S/C16H18ClN3O4/c1-9(2)20-14(6-7-18-20)19-15(22)10(3)24-16(23)12-5-4-11(17)8-13(12)21/h4-10,21H,1-3H3,(H,19,22)/t10-/m0/s1. The van der Waals surface area contributed by atoms with Crippen LogP contribution in [0.1, 0.15) is 37.2 Å². The van der Waals surface area contributed by atoms with Gasteiger partial charge in [0.2, 0.25) is 0 Å². The van der Waals surface area contributed by atoms with Gasteiger partial charge in [-0.1, -0.05) is 11.6 Å². The first kappa shape index (κ1) is 17.8. The second-order valence-electron chi connectivity index (χ2n) is 5.45. The molecule has 1 aromatic heterocycles. The van der Waals surface area contributed by atoms with E-state index in [1.807, 2.05) is 13.8 Å². The van der Waals surface area contributed by atoms with Gasteiger partial charge in [0.15, 0.2) is 6.10 Å². The lowest BCUT2D eigenvalue weighted by molar-refractivity contribution is -0.123. The molecule has 7 nitrogen and oxygen atoms in total. The van der Waals surface area contributed by atoms with Crippen molar-refractivity contribution >= 4 is 29.3 Å². The number of nitrogens with zero attached hydrogens (tertiary/aromatic N) is 2. The maximum atomic E-state index is 12.2. The van der Waals surface area contributed by atoms with E-state index < -0.39 is 18.0 Å². The molecule has 0 unspecified atom stereocenters. The Morgan fingerprint density at radius 2 is 2.00 bits per heavy atom. The minimum Gasteiger partial charge on any atom is -0.507 e. The van der Waals surface area contributed by atoms with Gasteiger partial charge in [-0.05, 0) is 39.0 Å². The van der Waals surface area contributed by atoms with Gasteiger partial charge in [-0.3, -0.25) is 4.79 Å². The number of hydrogen-bond acceptors (Lipinski definition) is 5. The molecule has 24 heavy (non-hydrogen) atoms. The Bertz CT molecular complexity index is 758. The summed E-state index contributed by atoms with van der Waals surface area (Å²) < 4.78 is 6.72. The molecule has 0 fully saturated rings. The van der Waals surface area contributed by atoms with Crippen LogP contribution in [0.2, 0.25) is 5.02 Å². The van der Waals surface area contributed by atoms with Gasteiger partial charge in [-0.2, -0.15) is 5.10 Å². The summed E-state index contributed by atoms with van der Waals surface area (Å²) in [5.74, 6) is -1.12. The van der Waals surface area contributed by atoms with Crippen LogP contribution in [0, 0.1) is 0 Å². The SMILES string of the molecule is CC(C)n1nccc1NC(=O)[C@H](C)OC(=O)c1ccc(Cl)cc1O. The van der Waals surface area contributed by atoms with E-state index in [4.69, 9.17) is 16.3 Å². The number of rotatable bonds is 5. The van der Waals surface area contributed by atoms with E-state index in [0.29, 0.717) is 5.82 Å². The van der Waals surface area contributed by atoms with Crippen LogP contribution < -0.4 is 5.32 Å². The van der Waals surface area contributed by atoms with Crippen LogP contribution in [0.4, 0.5) is 5.82 Å². The Balaban J connectivity index is 2.03. The third kappa shape index (κ3) is 4.05. The van der Waals surface area contributed by atoms with Gasteiger partial charge in [-0.25, -0.2) is 9.48 Å². The Morgan fingerprint density at radius 3 is 2.62 bits per heavy atom. The van der Waals surface area contributed by atoms with Gasteiger partial charge in [0.25, 0.3) is 5.91 Å². The molecule has 0 aliphatic rings. The van der Waals surface area contributed by atoms with Gasteiger partial charge in [0, 0.05) is 17.1 Å². The number of hydrogen-bond donors (Lipinski definition) is 2. The van der Waals surface area contributed by atoms with Crippen molar-refractivity contribution in [3.05, 3.63) is 41.0 Å². The Labute approximate surface area is 144 Å². The molecule has 1 heterocycles. The fraction of sp³-hybridized carbons (Fsp3) is 0.312. The first-order valence-corrected chi connectivity index (χ1v) is 7.71. The predicted octanol–water partition coefficient (Wildman–Crippen LogP) is 3.01. The highest BCUT2D eigenvalue weighted by molar-refractivity contribution is 6.30. The average Bonchev–Trinajstić information content (AvgIpc) is 2.95. The van der Waals surface area contributed by atoms with Crippen molar-refractivity contribution in [1.82, 2.24) is 9.78 Å². The average molecular weight is 352 g/mol. The van der Waals surface area contributed by atoms with Crippen molar-refractivity contribution in [2.45, 2.75) is 32.9 Å². The lowest BCUT2D eigenvalue weighted by Crippen LogP contribution is -2.31. The summed E-state index contributed by atoms with van der Waals surface area (Å²) in [5, 5.41) is 16.8. The van der Waals surface area contributed by atoms with E-state index in [9.17, 15) is 14.7 Å². The number of nitrogens with one attached hydrogen (secondary N) is 1. The van der Waals surface area contributed by atoms with Crippen molar-refractivity contribution in [3.63, 3.8) is 0 Å². The van der Waals surface area contributed by atoms with Crippen molar-refractivity contribution in [1.29, 1.82) is 0 Å². The normalized spacial score (nSPS) is 12.0. The third-order valence-corrected chi connectivity index (χ3v) is 3.48. The van der Waals surface area contributed by atoms with E-state index in [2.05, 4.69) is 10.4 Å². The Morgan fingerprint density at radius 1 is 1.29 bits per heavy atom. The smallest absolute Gasteiger partial charge is 0.342 e. The van der Waals surface area contributed by atoms with E-state index in [0.717, 1.165) is 0 Å². The number of benzene rings is 1. The van der Waals surface area contributed by atoms with E-state index >= 15 is 0 Å². The fourth-order valence-corrected chi connectivity index (χ4v) is 2.17. The molecule has 0 aliphatic heterocycles. The highest BCUT2D eigenvalue weighted by Gasteiger charge is 2.22. The lowest BCUT2D eigenvalue weighted by atomic mass is 10.2. The molecule has 0 aliphatic carbocycles. The van der Waals surface area contributed by atoms with Gasteiger partial charge < -0.3 is 15.2 Å². The zero-order valence-electron chi connectivity index (χ0n) is 13.5. The van der Waals surface area contributed by atoms with E-state index in [-0.39, 0.29) is 22.4 Å². The molecular formula is C16H18ClN3O4. The molecule has 1 atom stereocenters. The lowest BCUT2D eigenvalue weighted by Gasteiger charge is -2.16. The molecule has 0 spiro atoms. The number of amides is 1. The summed E-state index contributed by atoms with van der Waals surface area (Å²) in [6, 6.07) is 5.73. The van der Waals surface area contributed by atoms with Crippen molar-refractivity contribution in [2.24, 2.45) is 0 Å². The molecular weight excluding hydrogens is 334 g/mol. The molecule has 1 aromatic carbocycles. The van der Waals surface area contributed by atoms with Gasteiger partial charge in [-0.15, -0.1) is 0 Å². The maximum absolute atomic E-state index is 12.2. The number of aromatic hydroxyl groups is 1. The Kier molecular flexibility index (Phi) is 5.46. The number of anilines is 1. The van der Waals surface area contributed by atoms with Crippen LogP contribution in [0.25, 0.3) is 0 Å². The highest BCUT2D eigenvalue weighted by Crippen LogP contribution is 2.23. The van der Waals surface area contributed by atoms with Crippen LogP contribution in [-0.2, 0) is 9.53 Å². The summed E-state index contributed by atoms with van der Waals surface area (Å²) in [5.41, 5.74) is -0.0636. The summed E-state index contributed by atoms with van der Waals surface area (Å²) in [7, 11) is 0. The third-order valence-electron chi connectivity index (χ3n) is 3.24. The second kappa shape index (κ2) is 7.35. The van der Waals surface area contributed by atoms with Crippen molar-refractivity contribution < 1.29 is 19.4 Å². The van der Waals surface area contributed by atoms with Crippen LogP contribution >= 0.6 is 11.6 Å². The predicted molar refractivity (Wildman–Crippen MR) is 89.2 cm³/mol. The van der Waals surface area contributed by atoms with Crippen molar-refractivity contribution in [3.8, 4) is 5.75 Å². The molecule has 0 radical (unpaired) electrons. The second-order valence-corrected chi connectivity index (χ2v) is 5.89. The minimum atomic E-state index is -1.05. The number of carbonyl (C=O) groups excluding carboxylic acids is 2. The van der Waals surface area contributed by atoms with Crippen LogP contribution in [-0.4, -0.2) is 32.9 Å². The quantitative estimate of drug-likeness (QED) is 0.807. The number of phenolic OH excluding ortho intramolecular Hbond substituents is 1. The van der Waals surface area contributed by atoms with Crippen molar-refractivity contribution in [2.75, 3.05) is 5.32 Å². The number of ether oxygens (including phenoxy) is 1. The molecule has 0 saturated heterocycles. The molecule has 2 rings (SSSR count). The summed E-state index contributed by atoms with van der Waals surface area (Å²) in [6.07, 6.45) is 0.515. The highest BCUT2D eigenvalue weighted by atomic mass is 35.5. The van der Waals surface area contributed by atoms with Crippen LogP contribution in [0.15, 0.2) is 30.5 Å². The molecule has 0 bridgehead atoms. The minimum absolute atomic E-state index is 0.0636. The zero-order chi connectivity index (χ0) is 17.9. The molecule has 8 heteroatoms. The molecule has 128 valence electrons. The maximum Gasteiger partial charge on any atom is 0.342 e. The van der Waals surface area contributed by atoms with Crippen LogP contribution in [0.3, 0.4) is 0 Å². The van der Waals surface area contributed by atoms with Gasteiger partial charge in [0.05, 0.1) is 6.20 Å². The largest absolute Gasteiger partial charge is 0.507 e. The first-order valence-electron chi connectivity index (χ1n) is 7.33. The zero-order valence-corrected chi connectivity index (χ0v) is 14.2. The van der Waals surface area contributed by atoms with Crippen LogP contribution in [0.5, 0.6) is 5.75 Å². The molecule has 2 N–H and O–H groups in total. The van der Waals surface area contributed by atoms with Gasteiger partial charge >= 0.3 is 5.97 Å². The molecule has 1 amide bonds. The number of phenols is 1. The number of halogens is 1. The monoisotopic (exact) mass is 351 g/mol. The fourth-order valence-electron chi connectivity index (χ4n) is 2.01.